The van der Waals surface area contributed by atoms with Gasteiger partial charge in [-0.25, -0.2) is 13.2 Å². The van der Waals surface area contributed by atoms with E-state index in [-0.39, 0.29) is 18.1 Å². The molecule has 0 aliphatic carbocycles. The molecule has 0 fully saturated rings. The fraction of sp³-hybridized carbons (Fsp3) is 0.350. The summed E-state index contributed by atoms with van der Waals surface area (Å²) in [4.78, 5) is 12.4. The predicted octanol–water partition coefficient (Wildman–Crippen LogP) is 3.20. The number of urea groups is 1. The molecular weight excluding hydrogens is 394 g/mol. The summed E-state index contributed by atoms with van der Waals surface area (Å²) in [6.07, 6.45) is 1.09. The summed E-state index contributed by atoms with van der Waals surface area (Å²) in [5.41, 5.74) is 2.08. The second-order valence-electron chi connectivity index (χ2n) is 6.68. The van der Waals surface area contributed by atoms with Gasteiger partial charge in [-0.05, 0) is 49.2 Å². The molecule has 0 unspecified atom stereocenters. The van der Waals surface area contributed by atoms with Gasteiger partial charge >= 0.3 is 6.03 Å². The van der Waals surface area contributed by atoms with Crippen LogP contribution in [0.2, 0.25) is 0 Å². The highest BCUT2D eigenvalue weighted by atomic mass is 32.2. The third-order valence-electron chi connectivity index (χ3n) is 4.29. The Morgan fingerprint density at radius 3 is 2.03 bits per heavy atom. The number of hydrogen-bond acceptors (Lipinski definition) is 5. The first kappa shape index (κ1) is 22.4. The van der Waals surface area contributed by atoms with E-state index in [9.17, 15) is 13.2 Å². The number of carbonyl (C=O) groups excluding carboxylic acids is 1. The lowest BCUT2D eigenvalue weighted by Crippen LogP contribution is -2.38. The van der Waals surface area contributed by atoms with E-state index in [1.807, 2.05) is 32.0 Å². The van der Waals surface area contributed by atoms with Gasteiger partial charge in [-0.1, -0.05) is 18.2 Å². The minimum absolute atomic E-state index is 0.264. The number of rotatable bonds is 8. The standard InChI is InChI=1S/C20H27N3O5S/c1-13(15-7-6-8-17(11-15)23-29(5,25)26)21-20(24)22-14(2)16-9-10-18(27-3)19(12-16)28-4/h6-14,23H,1-5H3,(H2,21,22,24)/t13-,14-/m0/s1. The topological polar surface area (TPSA) is 106 Å². The zero-order valence-corrected chi connectivity index (χ0v) is 18.0. The van der Waals surface area contributed by atoms with Crippen LogP contribution in [0.3, 0.4) is 0 Å². The molecular formula is C20H27N3O5S. The first-order valence-electron chi connectivity index (χ1n) is 8.99. The number of benzene rings is 2. The summed E-state index contributed by atoms with van der Waals surface area (Å²) in [5, 5.41) is 5.74. The van der Waals surface area contributed by atoms with Gasteiger partial charge in [0.25, 0.3) is 0 Å². The molecule has 9 heteroatoms. The lowest BCUT2D eigenvalue weighted by molar-refractivity contribution is 0.235. The first-order chi connectivity index (χ1) is 13.6. The first-order valence-corrected chi connectivity index (χ1v) is 10.9. The Hall–Kier alpha value is -2.94. The number of methoxy groups -OCH3 is 2. The Labute approximate surface area is 171 Å². The lowest BCUT2D eigenvalue weighted by Gasteiger charge is -2.20. The van der Waals surface area contributed by atoms with Gasteiger partial charge in [-0.3, -0.25) is 4.72 Å². The maximum atomic E-state index is 12.4. The number of carbonyl (C=O) groups is 1. The van der Waals surface area contributed by atoms with Crippen LogP contribution >= 0.6 is 0 Å². The van der Waals surface area contributed by atoms with Crippen LogP contribution in [0.5, 0.6) is 11.5 Å². The summed E-state index contributed by atoms with van der Waals surface area (Å²) in [6, 6.07) is 11.4. The predicted molar refractivity (Wildman–Crippen MR) is 113 cm³/mol. The van der Waals surface area contributed by atoms with Crippen molar-refractivity contribution in [2.75, 3.05) is 25.2 Å². The minimum atomic E-state index is -3.37. The normalized spacial score (nSPS) is 13.1. The van der Waals surface area contributed by atoms with Crippen LogP contribution in [0.1, 0.15) is 37.1 Å². The molecule has 0 saturated heterocycles. The fourth-order valence-corrected chi connectivity index (χ4v) is 3.36. The molecule has 0 aliphatic heterocycles. The summed E-state index contributed by atoms with van der Waals surface area (Å²) in [5.74, 6) is 1.20. The highest BCUT2D eigenvalue weighted by Gasteiger charge is 2.15. The molecule has 2 atom stereocenters. The summed E-state index contributed by atoms with van der Waals surface area (Å²) >= 11 is 0. The summed E-state index contributed by atoms with van der Waals surface area (Å²) < 4.78 is 35.7. The Bertz CT molecular complexity index is 962. The molecule has 2 rings (SSSR count). The molecule has 0 radical (unpaired) electrons. The van der Waals surface area contributed by atoms with Crippen molar-refractivity contribution in [1.82, 2.24) is 10.6 Å². The monoisotopic (exact) mass is 421 g/mol. The summed E-state index contributed by atoms with van der Waals surface area (Å²) in [6.45, 7) is 3.68. The molecule has 0 saturated carbocycles. The van der Waals surface area contributed by atoms with Gasteiger partial charge in [0.1, 0.15) is 0 Å². The molecule has 0 aliphatic rings. The molecule has 2 amide bonds. The number of sulfonamides is 1. The van der Waals surface area contributed by atoms with Gasteiger partial charge in [0.2, 0.25) is 10.0 Å². The highest BCUT2D eigenvalue weighted by Crippen LogP contribution is 2.29. The van der Waals surface area contributed by atoms with Crippen LogP contribution in [0.15, 0.2) is 42.5 Å². The average molecular weight is 422 g/mol. The van der Waals surface area contributed by atoms with E-state index in [1.165, 1.54) is 0 Å². The number of anilines is 1. The fourth-order valence-electron chi connectivity index (χ4n) is 2.81. The molecule has 8 nitrogen and oxygen atoms in total. The van der Waals surface area contributed by atoms with Crippen molar-refractivity contribution in [3.63, 3.8) is 0 Å². The molecule has 0 heterocycles. The van der Waals surface area contributed by atoms with Gasteiger partial charge < -0.3 is 20.1 Å². The van der Waals surface area contributed by atoms with Crippen molar-refractivity contribution >= 4 is 21.7 Å². The zero-order chi connectivity index (χ0) is 21.6. The minimum Gasteiger partial charge on any atom is -0.493 e. The molecule has 2 aromatic carbocycles. The Balaban J connectivity index is 2.02. The molecule has 0 bridgehead atoms. The van der Waals surface area contributed by atoms with E-state index in [1.54, 1.807) is 38.5 Å². The van der Waals surface area contributed by atoms with Crippen molar-refractivity contribution in [1.29, 1.82) is 0 Å². The number of amides is 2. The average Bonchev–Trinajstić information content (AvgIpc) is 2.66. The van der Waals surface area contributed by atoms with Crippen LogP contribution in [0.25, 0.3) is 0 Å². The largest absolute Gasteiger partial charge is 0.493 e. The van der Waals surface area contributed by atoms with E-state index in [2.05, 4.69) is 15.4 Å². The van der Waals surface area contributed by atoms with Gasteiger partial charge in [-0.15, -0.1) is 0 Å². The number of hydrogen-bond donors (Lipinski definition) is 3. The Kier molecular flexibility index (Phi) is 7.33. The van der Waals surface area contributed by atoms with Crippen LogP contribution in [0, 0.1) is 0 Å². The van der Waals surface area contributed by atoms with Crippen molar-refractivity contribution in [2.24, 2.45) is 0 Å². The van der Waals surface area contributed by atoms with Gasteiger partial charge in [-0.2, -0.15) is 0 Å². The second kappa shape index (κ2) is 9.51. The maximum Gasteiger partial charge on any atom is 0.315 e. The van der Waals surface area contributed by atoms with Crippen molar-refractivity contribution < 1.29 is 22.7 Å². The van der Waals surface area contributed by atoms with Crippen LogP contribution < -0.4 is 24.8 Å². The Morgan fingerprint density at radius 1 is 0.897 bits per heavy atom. The van der Waals surface area contributed by atoms with Crippen LogP contribution in [-0.4, -0.2) is 34.9 Å². The zero-order valence-electron chi connectivity index (χ0n) is 17.1. The van der Waals surface area contributed by atoms with E-state index >= 15 is 0 Å². The number of ether oxygens (including phenoxy) is 2. The van der Waals surface area contributed by atoms with E-state index in [0.29, 0.717) is 17.2 Å². The molecule has 3 N–H and O–H groups in total. The number of nitrogens with one attached hydrogen (secondary N) is 3. The highest BCUT2D eigenvalue weighted by molar-refractivity contribution is 7.92. The second-order valence-corrected chi connectivity index (χ2v) is 8.42. The van der Waals surface area contributed by atoms with E-state index in [4.69, 9.17) is 9.47 Å². The maximum absolute atomic E-state index is 12.4. The van der Waals surface area contributed by atoms with E-state index in [0.717, 1.165) is 17.4 Å². The Morgan fingerprint density at radius 2 is 1.48 bits per heavy atom. The summed E-state index contributed by atoms with van der Waals surface area (Å²) in [7, 11) is -0.249. The molecule has 29 heavy (non-hydrogen) atoms. The lowest BCUT2D eigenvalue weighted by atomic mass is 10.1. The third kappa shape index (κ3) is 6.56. The van der Waals surface area contributed by atoms with Crippen LogP contribution in [0.4, 0.5) is 10.5 Å². The molecule has 0 spiro atoms. The molecule has 158 valence electrons. The van der Waals surface area contributed by atoms with Crippen molar-refractivity contribution in [2.45, 2.75) is 25.9 Å². The molecule has 2 aromatic rings. The van der Waals surface area contributed by atoms with Gasteiger partial charge in [0.05, 0.1) is 32.6 Å². The smallest absolute Gasteiger partial charge is 0.315 e. The van der Waals surface area contributed by atoms with Gasteiger partial charge in [0.15, 0.2) is 11.5 Å². The third-order valence-corrected chi connectivity index (χ3v) is 4.90. The van der Waals surface area contributed by atoms with Crippen molar-refractivity contribution in [3.8, 4) is 11.5 Å². The SMILES string of the molecule is COc1ccc([C@H](C)NC(=O)N[C@@H](C)c2cccc(NS(C)(=O)=O)c2)cc1OC. The quantitative estimate of drug-likeness (QED) is 0.607. The van der Waals surface area contributed by atoms with Crippen molar-refractivity contribution in [3.05, 3.63) is 53.6 Å². The van der Waals surface area contributed by atoms with Gasteiger partial charge in [0, 0.05) is 5.69 Å². The molecule has 0 aromatic heterocycles. The van der Waals surface area contributed by atoms with E-state index < -0.39 is 10.0 Å². The van der Waals surface area contributed by atoms with Crippen LogP contribution in [-0.2, 0) is 10.0 Å².